The summed E-state index contributed by atoms with van der Waals surface area (Å²) in [5.74, 6) is 0.170. The van der Waals surface area contributed by atoms with Crippen LogP contribution in [0.1, 0.15) is 23.3 Å². The highest BCUT2D eigenvalue weighted by molar-refractivity contribution is 6.34. The largest absolute Gasteiger partial charge is 0.341 e. The Morgan fingerprint density at radius 1 is 1.35 bits per heavy atom. The molecule has 0 radical (unpaired) electrons. The van der Waals surface area contributed by atoms with Crippen molar-refractivity contribution in [3.05, 3.63) is 29.3 Å². The average molecular weight is 293 g/mol. The molecule has 0 aromatic carbocycles. The number of carbonyl (C=O) groups excluding carboxylic acids is 1. The summed E-state index contributed by atoms with van der Waals surface area (Å²) in [5, 5.41) is 9.28. The number of aromatic amines is 1. The average Bonchev–Trinajstić information content (AvgIpc) is 3.11. The number of hydrogen-bond acceptors (Lipinski definition) is 5. The minimum Gasteiger partial charge on any atom is -0.341 e. The van der Waals surface area contributed by atoms with Crippen LogP contribution in [0.15, 0.2) is 18.6 Å². The van der Waals surface area contributed by atoms with Gasteiger partial charge in [0.15, 0.2) is 5.69 Å². The fourth-order valence-corrected chi connectivity index (χ4v) is 2.27. The SMILES string of the molecule is O=C(Nc1cn[nH]c1)c1nc(N2CCCC2)ncc1Cl. The van der Waals surface area contributed by atoms with Crippen molar-refractivity contribution in [3.63, 3.8) is 0 Å². The van der Waals surface area contributed by atoms with E-state index in [1.165, 1.54) is 12.4 Å². The molecule has 0 spiro atoms. The maximum atomic E-state index is 12.2. The van der Waals surface area contributed by atoms with Gasteiger partial charge in [0.2, 0.25) is 5.95 Å². The third-order valence-corrected chi connectivity index (χ3v) is 3.37. The van der Waals surface area contributed by atoms with Gasteiger partial charge in [-0.2, -0.15) is 5.10 Å². The number of anilines is 2. The first-order valence-electron chi connectivity index (χ1n) is 6.31. The number of rotatable bonds is 3. The molecular weight excluding hydrogens is 280 g/mol. The van der Waals surface area contributed by atoms with Crippen molar-refractivity contribution in [2.24, 2.45) is 0 Å². The van der Waals surface area contributed by atoms with E-state index in [2.05, 4.69) is 25.5 Å². The first kappa shape index (κ1) is 12.9. The minimum absolute atomic E-state index is 0.171. The van der Waals surface area contributed by atoms with Crippen LogP contribution in [-0.4, -0.2) is 39.2 Å². The van der Waals surface area contributed by atoms with Gasteiger partial charge in [0.25, 0.3) is 5.91 Å². The van der Waals surface area contributed by atoms with Gasteiger partial charge in [-0.15, -0.1) is 0 Å². The maximum Gasteiger partial charge on any atom is 0.276 e. The van der Waals surface area contributed by atoms with Gasteiger partial charge in [0.05, 0.1) is 23.1 Å². The van der Waals surface area contributed by atoms with E-state index in [1.54, 1.807) is 6.20 Å². The van der Waals surface area contributed by atoms with Crippen LogP contribution in [0.4, 0.5) is 11.6 Å². The maximum absolute atomic E-state index is 12.2. The number of halogens is 1. The third-order valence-electron chi connectivity index (χ3n) is 3.09. The predicted molar refractivity (Wildman–Crippen MR) is 75.0 cm³/mol. The van der Waals surface area contributed by atoms with E-state index < -0.39 is 0 Å². The smallest absolute Gasteiger partial charge is 0.276 e. The molecule has 0 saturated carbocycles. The highest BCUT2D eigenvalue weighted by Crippen LogP contribution is 2.20. The second kappa shape index (κ2) is 5.46. The lowest BCUT2D eigenvalue weighted by Crippen LogP contribution is -2.23. The molecule has 1 fully saturated rings. The number of carbonyl (C=O) groups is 1. The molecular formula is C12H13ClN6O. The van der Waals surface area contributed by atoms with E-state index in [-0.39, 0.29) is 16.6 Å². The van der Waals surface area contributed by atoms with Crippen LogP contribution in [-0.2, 0) is 0 Å². The summed E-state index contributed by atoms with van der Waals surface area (Å²) in [5.41, 5.74) is 0.733. The Balaban J connectivity index is 1.84. The van der Waals surface area contributed by atoms with Crippen molar-refractivity contribution in [2.45, 2.75) is 12.8 Å². The molecule has 1 saturated heterocycles. The zero-order valence-electron chi connectivity index (χ0n) is 10.6. The van der Waals surface area contributed by atoms with E-state index >= 15 is 0 Å². The number of nitrogens with one attached hydrogen (secondary N) is 2. The van der Waals surface area contributed by atoms with Crippen LogP contribution < -0.4 is 10.2 Å². The monoisotopic (exact) mass is 292 g/mol. The normalized spacial score (nSPS) is 14.6. The Morgan fingerprint density at radius 3 is 2.85 bits per heavy atom. The lowest BCUT2D eigenvalue weighted by atomic mass is 10.3. The van der Waals surface area contributed by atoms with Crippen LogP contribution in [0, 0.1) is 0 Å². The zero-order chi connectivity index (χ0) is 13.9. The molecule has 3 heterocycles. The van der Waals surface area contributed by atoms with Crippen molar-refractivity contribution in [1.29, 1.82) is 0 Å². The lowest BCUT2D eigenvalue weighted by molar-refractivity contribution is 0.102. The van der Waals surface area contributed by atoms with E-state index in [0.717, 1.165) is 25.9 Å². The van der Waals surface area contributed by atoms with E-state index in [4.69, 9.17) is 11.6 Å². The van der Waals surface area contributed by atoms with Crippen molar-refractivity contribution >= 4 is 29.1 Å². The molecule has 20 heavy (non-hydrogen) atoms. The Kier molecular flexibility index (Phi) is 3.51. The summed E-state index contributed by atoms with van der Waals surface area (Å²) in [6, 6.07) is 0. The predicted octanol–water partition coefficient (Wildman–Crippen LogP) is 1.71. The number of aromatic nitrogens is 4. The number of H-pyrrole nitrogens is 1. The Labute approximate surface area is 120 Å². The Morgan fingerprint density at radius 2 is 2.15 bits per heavy atom. The third kappa shape index (κ3) is 2.57. The van der Waals surface area contributed by atoms with Crippen LogP contribution >= 0.6 is 11.6 Å². The molecule has 104 valence electrons. The molecule has 0 atom stereocenters. The topological polar surface area (TPSA) is 86.8 Å². The molecule has 0 bridgehead atoms. The quantitative estimate of drug-likeness (QED) is 0.899. The molecule has 1 aliphatic rings. The summed E-state index contributed by atoms with van der Waals surface area (Å²) in [7, 11) is 0. The number of hydrogen-bond donors (Lipinski definition) is 2. The van der Waals surface area contributed by atoms with Gasteiger partial charge >= 0.3 is 0 Å². The van der Waals surface area contributed by atoms with Gasteiger partial charge in [0, 0.05) is 19.3 Å². The summed E-state index contributed by atoms with van der Waals surface area (Å²) in [4.78, 5) is 22.7. The zero-order valence-corrected chi connectivity index (χ0v) is 11.4. The Hall–Kier alpha value is -2.15. The summed E-state index contributed by atoms with van der Waals surface area (Å²) in [6.07, 6.45) is 6.78. The number of nitrogens with zero attached hydrogens (tertiary/aromatic N) is 4. The fraction of sp³-hybridized carbons (Fsp3) is 0.333. The van der Waals surface area contributed by atoms with Gasteiger partial charge in [-0.05, 0) is 12.8 Å². The van der Waals surface area contributed by atoms with E-state index in [9.17, 15) is 4.79 Å². The summed E-state index contributed by atoms with van der Waals surface area (Å²) in [6.45, 7) is 1.81. The molecule has 2 N–H and O–H groups in total. The second-order valence-electron chi connectivity index (χ2n) is 4.50. The lowest BCUT2D eigenvalue weighted by Gasteiger charge is -2.15. The van der Waals surface area contributed by atoms with E-state index in [1.807, 2.05) is 4.90 Å². The highest BCUT2D eigenvalue weighted by atomic mass is 35.5. The molecule has 0 aliphatic carbocycles. The fourth-order valence-electron chi connectivity index (χ4n) is 2.10. The van der Waals surface area contributed by atoms with Gasteiger partial charge in [0.1, 0.15) is 0 Å². The molecule has 0 unspecified atom stereocenters. The molecule has 3 rings (SSSR count). The van der Waals surface area contributed by atoms with Crippen molar-refractivity contribution in [2.75, 3.05) is 23.3 Å². The van der Waals surface area contributed by atoms with Crippen molar-refractivity contribution in [3.8, 4) is 0 Å². The Bertz CT molecular complexity index is 608. The molecule has 2 aromatic rings. The molecule has 8 heteroatoms. The second-order valence-corrected chi connectivity index (χ2v) is 4.91. The van der Waals surface area contributed by atoms with Crippen molar-refractivity contribution in [1.82, 2.24) is 20.2 Å². The highest BCUT2D eigenvalue weighted by Gasteiger charge is 2.19. The van der Waals surface area contributed by atoms with Gasteiger partial charge in [-0.1, -0.05) is 11.6 Å². The first-order chi connectivity index (χ1) is 9.74. The number of amides is 1. The van der Waals surface area contributed by atoms with Gasteiger partial charge in [-0.3, -0.25) is 9.89 Å². The molecule has 1 amide bonds. The van der Waals surface area contributed by atoms with Gasteiger partial charge in [-0.25, -0.2) is 9.97 Å². The van der Waals surface area contributed by atoms with Crippen LogP contribution in [0.25, 0.3) is 0 Å². The molecule has 2 aromatic heterocycles. The molecule has 7 nitrogen and oxygen atoms in total. The van der Waals surface area contributed by atoms with Crippen LogP contribution in [0.5, 0.6) is 0 Å². The standard InChI is InChI=1S/C12H13ClN6O/c13-9-7-14-12(19-3-1-2-4-19)18-10(9)11(20)17-8-5-15-16-6-8/h5-7H,1-4H2,(H,15,16)(H,17,20). The van der Waals surface area contributed by atoms with Crippen LogP contribution in [0.2, 0.25) is 5.02 Å². The minimum atomic E-state index is -0.376. The summed E-state index contributed by atoms with van der Waals surface area (Å²) >= 11 is 6.01. The van der Waals surface area contributed by atoms with Crippen LogP contribution in [0.3, 0.4) is 0 Å². The van der Waals surface area contributed by atoms with Gasteiger partial charge < -0.3 is 10.2 Å². The first-order valence-corrected chi connectivity index (χ1v) is 6.69. The van der Waals surface area contributed by atoms with E-state index in [0.29, 0.717) is 11.6 Å². The van der Waals surface area contributed by atoms with Crippen molar-refractivity contribution < 1.29 is 4.79 Å². The summed E-state index contributed by atoms with van der Waals surface area (Å²) < 4.78 is 0. The molecule has 1 aliphatic heterocycles.